The number of carbonyl (C=O) groups excluding carboxylic acids is 2. The number of aryl methyl sites for hydroxylation is 1. The molecule has 190 valence electrons. The second-order valence-corrected chi connectivity index (χ2v) is 11.4. The lowest BCUT2D eigenvalue weighted by molar-refractivity contribution is -0.132. The Bertz CT molecular complexity index is 1450. The van der Waals surface area contributed by atoms with Crippen LogP contribution in [0.4, 0.5) is 5.69 Å². The summed E-state index contributed by atoms with van der Waals surface area (Å²) in [6, 6.07) is 17.7. The minimum atomic E-state index is -0.811. The van der Waals surface area contributed by atoms with E-state index in [4.69, 9.17) is 16.3 Å². The van der Waals surface area contributed by atoms with Gasteiger partial charge in [-0.1, -0.05) is 62.7 Å². The molecule has 0 radical (unpaired) electrons. The smallest absolute Gasteiger partial charge is 0.300 e. The van der Waals surface area contributed by atoms with E-state index >= 15 is 0 Å². The fourth-order valence-corrected chi connectivity index (χ4v) is 5.30. The second-order valence-electron chi connectivity index (χ2n) is 10.9. The molecule has 2 aliphatic heterocycles. The highest BCUT2D eigenvalue weighted by Gasteiger charge is 2.47. The van der Waals surface area contributed by atoms with Crippen LogP contribution in [-0.2, 0) is 21.4 Å². The molecule has 5 nitrogen and oxygen atoms in total. The van der Waals surface area contributed by atoms with Gasteiger partial charge in [-0.25, -0.2) is 0 Å². The number of Topliss-reactive ketones (excluding diaryl/α,β-unsaturated/α-hetero) is 1. The van der Waals surface area contributed by atoms with Crippen LogP contribution in [0.25, 0.3) is 5.76 Å². The van der Waals surface area contributed by atoms with Gasteiger partial charge in [-0.2, -0.15) is 0 Å². The standard InChI is InChI=1S/C31H30ClNO4/c1-17-6-12-23(32)16-24(17)33-27(19-7-10-22(11-8-19)31(3,4)5)26(29(35)30(33)36)28(34)20-9-13-25-21(15-20)14-18(2)37-25/h6-13,15-16,18,27,34H,14H2,1-5H3/b28-26-. The molecule has 1 N–H and O–H groups in total. The number of carbonyl (C=O) groups is 2. The Labute approximate surface area is 222 Å². The first kappa shape index (κ1) is 25.1. The molecule has 0 aromatic heterocycles. The summed E-state index contributed by atoms with van der Waals surface area (Å²) in [6.45, 7) is 10.2. The zero-order valence-electron chi connectivity index (χ0n) is 21.6. The molecule has 1 amide bonds. The summed E-state index contributed by atoms with van der Waals surface area (Å²) in [5.41, 5.74) is 4.62. The number of anilines is 1. The maximum atomic E-state index is 13.5. The first-order chi connectivity index (χ1) is 17.5. The van der Waals surface area contributed by atoms with Crippen molar-refractivity contribution in [3.8, 4) is 5.75 Å². The number of halogens is 1. The van der Waals surface area contributed by atoms with Crippen LogP contribution in [0.15, 0.2) is 66.2 Å². The Balaban J connectivity index is 1.71. The van der Waals surface area contributed by atoms with Gasteiger partial charge in [0.05, 0.1) is 11.6 Å². The van der Waals surface area contributed by atoms with Crippen molar-refractivity contribution < 1.29 is 19.4 Å². The summed E-state index contributed by atoms with van der Waals surface area (Å²) < 4.78 is 5.79. The van der Waals surface area contributed by atoms with Crippen molar-refractivity contribution in [3.63, 3.8) is 0 Å². The minimum absolute atomic E-state index is 0.0464. The highest BCUT2D eigenvalue weighted by atomic mass is 35.5. The minimum Gasteiger partial charge on any atom is -0.507 e. The van der Waals surface area contributed by atoms with Crippen LogP contribution >= 0.6 is 11.6 Å². The fourth-order valence-electron chi connectivity index (χ4n) is 5.13. The molecule has 6 heteroatoms. The van der Waals surface area contributed by atoms with Crippen molar-refractivity contribution in [2.24, 2.45) is 0 Å². The largest absolute Gasteiger partial charge is 0.507 e. The van der Waals surface area contributed by atoms with E-state index in [1.807, 2.05) is 50.2 Å². The van der Waals surface area contributed by atoms with Gasteiger partial charge in [0.15, 0.2) is 0 Å². The third-order valence-electron chi connectivity index (χ3n) is 7.14. The third kappa shape index (κ3) is 4.42. The maximum Gasteiger partial charge on any atom is 0.300 e. The second kappa shape index (κ2) is 9.07. The molecule has 2 unspecified atom stereocenters. The normalized spacial score (nSPS) is 20.8. The number of aliphatic hydroxyl groups excluding tert-OH is 1. The summed E-state index contributed by atoms with van der Waals surface area (Å²) in [5.74, 6) is -0.858. The van der Waals surface area contributed by atoms with Gasteiger partial charge in [-0.15, -0.1) is 0 Å². The molecular weight excluding hydrogens is 486 g/mol. The van der Waals surface area contributed by atoms with Gasteiger partial charge < -0.3 is 9.84 Å². The topological polar surface area (TPSA) is 66.8 Å². The van der Waals surface area contributed by atoms with E-state index < -0.39 is 17.7 Å². The van der Waals surface area contributed by atoms with Gasteiger partial charge in [-0.05, 0) is 71.8 Å². The molecule has 1 fully saturated rings. The van der Waals surface area contributed by atoms with E-state index in [1.165, 1.54) is 4.90 Å². The summed E-state index contributed by atoms with van der Waals surface area (Å²) in [4.78, 5) is 28.5. The van der Waals surface area contributed by atoms with Gasteiger partial charge in [-0.3, -0.25) is 14.5 Å². The first-order valence-corrected chi connectivity index (χ1v) is 12.8. The van der Waals surface area contributed by atoms with Crippen molar-refractivity contribution in [1.29, 1.82) is 0 Å². The number of benzene rings is 3. The molecular formula is C31H30ClNO4. The van der Waals surface area contributed by atoms with Crippen molar-refractivity contribution in [2.75, 3.05) is 4.90 Å². The lowest BCUT2D eigenvalue weighted by Crippen LogP contribution is -2.30. The average molecular weight is 516 g/mol. The number of aliphatic hydroxyl groups is 1. The van der Waals surface area contributed by atoms with E-state index in [0.717, 1.165) is 28.0 Å². The predicted molar refractivity (Wildman–Crippen MR) is 146 cm³/mol. The summed E-state index contributed by atoms with van der Waals surface area (Å²) >= 11 is 6.31. The molecule has 3 aromatic carbocycles. The molecule has 0 bridgehead atoms. The number of amides is 1. The van der Waals surface area contributed by atoms with Crippen molar-refractivity contribution in [2.45, 2.75) is 58.6 Å². The lowest BCUT2D eigenvalue weighted by Gasteiger charge is -2.28. The Kier molecular flexibility index (Phi) is 6.15. The van der Waals surface area contributed by atoms with E-state index in [0.29, 0.717) is 22.7 Å². The molecule has 0 saturated carbocycles. The molecule has 37 heavy (non-hydrogen) atoms. The Hall–Kier alpha value is -3.57. The molecule has 3 aromatic rings. The number of ether oxygens (including phenoxy) is 1. The predicted octanol–water partition coefficient (Wildman–Crippen LogP) is 6.90. The Morgan fingerprint density at radius 2 is 1.73 bits per heavy atom. The number of ketones is 1. The molecule has 0 aliphatic carbocycles. The van der Waals surface area contributed by atoms with Crippen molar-refractivity contribution >= 4 is 34.7 Å². The average Bonchev–Trinajstić information content (AvgIpc) is 3.35. The number of hydrogen-bond donors (Lipinski definition) is 1. The number of hydrogen-bond acceptors (Lipinski definition) is 4. The molecule has 2 atom stereocenters. The quantitative estimate of drug-likeness (QED) is 0.234. The van der Waals surface area contributed by atoms with Crippen LogP contribution in [-0.4, -0.2) is 22.9 Å². The number of fused-ring (bicyclic) bond motifs is 1. The lowest BCUT2D eigenvalue weighted by atomic mass is 9.85. The van der Waals surface area contributed by atoms with Crippen LogP contribution in [0.1, 0.15) is 61.6 Å². The van der Waals surface area contributed by atoms with E-state index in [1.54, 1.807) is 24.3 Å². The van der Waals surface area contributed by atoms with E-state index in [2.05, 4.69) is 20.8 Å². The van der Waals surface area contributed by atoms with E-state index in [-0.39, 0.29) is 22.9 Å². The molecule has 0 spiro atoms. The van der Waals surface area contributed by atoms with E-state index in [9.17, 15) is 14.7 Å². The zero-order chi connectivity index (χ0) is 26.6. The van der Waals surface area contributed by atoms with Gasteiger partial charge >= 0.3 is 0 Å². The molecule has 1 saturated heterocycles. The summed E-state index contributed by atoms with van der Waals surface area (Å²) in [6.07, 6.45) is 0.759. The highest BCUT2D eigenvalue weighted by Crippen LogP contribution is 2.44. The van der Waals surface area contributed by atoms with Gasteiger partial charge in [0, 0.05) is 22.7 Å². The van der Waals surface area contributed by atoms with Gasteiger partial charge in [0.2, 0.25) is 0 Å². The fraction of sp³-hybridized carbons (Fsp3) is 0.290. The Morgan fingerprint density at radius 1 is 1.03 bits per heavy atom. The monoisotopic (exact) mass is 515 g/mol. The highest BCUT2D eigenvalue weighted by molar-refractivity contribution is 6.52. The summed E-state index contributed by atoms with van der Waals surface area (Å²) in [7, 11) is 0. The molecule has 5 rings (SSSR count). The SMILES string of the molecule is Cc1ccc(Cl)cc1N1C(=O)C(=O)/C(=C(\O)c2ccc3c(c2)CC(C)O3)C1c1ccc(C(C)(C)C)cc1. The Morgan fingerprint density at radius 3 is 2.41 bits per heavy atom. The van der Waals surface area contributed by atoms with Crippen LogP contribution in [0, 0.1) is 6.92 Å². The maximum absolute atomic E-state index is 13.5. The third-order valence-corrected chi connectivity index (χ3v) is 7.37. The van der Waals surface area contributed by atoms with Crippen LogP contribution < -0.4 is 9.64 Å². The van der Waals surface area contributed by atoms with Crippen LogP contribution in [0.2, 0.25) is 5.02 Å². The first-order valence-electron chi connectivity index (χ1n) is 12.4. The number of rotatable bonds is 3. The number of nitrogens with zero attached hydrogens (tertiary/aromatic N) is 1. The van der Waals surface area contributed by atoms with Gasteiger partial charge in [0.25, 0.3) is 11.7 Å². The van der Waals surface area contributed by atoms with Crippen LogP contribution in [0.3, 0.4) is 0 Å². The zero-order valence-corrected chi connectivity index (χ0v) is 22.4. The van der Waals surface area contributed by atoms with Crippen molar-refractivity contribution in [3.05, 3.63) is 99.1 Å². The molecule has 2 heterocycles. The van der Waals surface area contributed by atoms with Crippen LogP contribution in [0.5, 0.6) is 5.75 Å². The summed E-state index contributed by atoms with van der Waals surface area (Å²) in [5, 5.41) is 12.0. The van der Waals surface area contributed by atoms with Crippen molar-refractivity contribution in [1.82, 2.24) is 0 Å². The molecule has 2 aliphatic rings. The van der Waals surface area contributed by atoms with Gasteiger partial charge in [0.1, 0.15) is 17.6 Å².